The van der Waals surface area contributed by atoms with E-state index >= 15 is 0 Å². The topological polar surface area (TPSA) is 60.4 Å². The molecule has 2 aromatic rings. The molecule has 1 aliphatic rings. The van der Waals surface area contributed by atoms with Gasteiger partial charge in [-0.1, -0.05) is 57.8 Å². The first kappa shape index (κ1) is 21.8. The van der Waals surface area contributed by atoms with E-state index < -0.39 is 0 Å². The van der Waals surface area contributed by atoms with Gasteiger partial charge in [0.2, 0.25) is 0 Å². The third-order valence-corrected chi connectivity index (χ3v) is 6.74. The zero-order valence-corrected chi connectivity index (χ0v) is 18.3. The van der Waals surface area contributed by atoms with Crippen molar-refractivity contribution in [3.63, 3.8) is 0 Å². The molecular weight excluding hydrogens is 382 g/mol. The fourth-order valence-electron chi connectivity index (χ4n) is 4.22. The van der Waals surface area contributed by atoms with Crippen LogP contribution >= 0.6 is 11.3 Å². The number of nitrogens with zero attached hydrogens (tertiary/aromatic N) is 3. The van der Waals surface area contributed by atoms with Crippen LogP contribution in [0.3, 0.4) is 0 Å². The van der Waals surface area contributed by atoms with E-state index in [1.54, 1.807) is 23.5 Å². The molecule has 0 bridgehead atoms. The van der Waals surface area contributed by atoms with E-state index in [0.29, 0.717) is 5.92 Å². The Labute approximate surface area is 177 Å². The number of aromatic nitrogens is 1. The zero-order chi connectivity index (χ0) is 20.5. The van der Waals surface area contributed by atoms with Crippen LogP contribution in [-0.4, -0.2) is 9.49 Å². The highest BCUT2D eigenvalue weighted by Crippen LogP contribution is 2.24. The lowest BCUT2D eigenvalue weighted by Gasteiger charge is -2.18. The normalized spacial score (nSPS) is 18.2. The van der Waals surface area contributed by atoms with Crippen LogP contribution in [-0.2, 0) is 6.54 Å². The second-order valence-electron chi connectivity index (χ2n) is 8.30. The number of hydrogen-bond donors (Lipinski definition) is 0. The van der Waals surface area contributed by atoms with Crippen LogP contribution in [0, 0.1) is 23.0 Å². The summed E-state index contributed by atoms with van der Waals surface area (Å²) >= 11 is 1.64. The van der Waals surface area contributed by atoms with Crippen LogP contribution in [0.2, 0.25) is 0 Å². The lowest BCUT2D eigenvalue weighted by atomic mass is 9.93. The largest absolute Gasteiger partial charge is 0.323 e. The van der Waals surface area contributed by atoms with Crippen LogP contribution < -0.4 is 4.80 Å². The molecule has 5 nitrogen and oxygen atoms in total. The van der Waals surface area contributed by atoms with Gasteiger partial charge in [0.25, 0.3) is 5.69 Å². The van der Waals surface area contributed by atoms with E-state index in [1.807, 2.05) is 6.92 Å². The van der Waals surface area contributed by atoms with Gasteiger partial charge in [-0.3, -0.25) is 10.1 Å². The minimum atomic E-state index is -0.355. The molecule has 0 aliphatic heterocycles. The number of rotatable bonds is 4. The molecule has 6 heteroatoms. The Kier molecular flexibility index (Phi) is 8.47. The molecule has 0 N–H and O–H groups in total. The molecule has 3 rings (SSSR count). The fraction of sp³-hybridized carbons (Fsp3) is 0.609. The molecule has 0 spiro atoms. The highest BCUT2D eigenvalue weighted by Gasteiger charge is 2.12. The van der Waals surface area contributed by atoms with Gasteiger partial charge in [0.05, 0.1) is 10.6 Å². The number of thiazole rings is 1. The standard InChI is InChI=1S/C23H33N3O2S/c1-19-17-21(26(27)28)13-14-22(19)24-23-25(15-16-29-23)18-20-11-9-7-5-3-2-4-6-8-10-12-20/h13-17,20H,2-12,18H2,1H3. The van der Waals surface area contributed by atoms with Crippen molar-refractivity contribution in [2.45, 2.75) is 84.1 Å². The summed E-state index contributed by atoms with van der Waals surface area (Å²) in [5, 5.41) is 13.1. The summed E-state index contributed by atoms with van der Waals surface area (Å²) in [6, 6.07) is 4.90. The van der Waals surface area contributed by atoms with Crippen molar-refractivity contribution in [2.24, 2.45) is 10.9 Å². The Morgan fingerprint density at radius 1 is 1.07 bits per heavy atom. The van der Waals surface area contributed by atoms with Crippen molar-refractivity contribution in [3.8, 4) is 0 Å². The Morgan fingerprint density at radius 2 is 1.69 bits per heavy atom. The molecule has 1 fully saturated rings. The van der Waals surface area contributed by atoms with Crippen molar-refractivity contribution < 1.29 is 4.92 Å². The first-order valence-electron chi connectivity index (χ1n) is 11.1. The number of aryl methyl sites for hydroxylation is 1. The van der Waals surface area contributed by atoms with E-state index in [2.05, 4.69) is 16.1 Å². The molecule has 158 valence electrons. The van der Waals surface area contributed by atoms with Crippen LogP contribution in [0.5, 0.6) is 0 Å². The van der Waals surface area contributed by atoms with Crippen molar-refractivity contribution in [1.82, 2.24) is 4.57 Å². The molecule has 29 heavy (non-hydrogen) atoms. The maximum Gasteiger partial charge on any atom is 0.269 e. The van der Waals surface area contributed by atoms with Crippen molar-refractivity contribution >= 4 is 22.7 Å². The molecule has 0 radical (unpaired) electrons. The van der Waals surface area contributed by atoms with E-state index in [1.165, 1.54) is 76.7 Å². The van der Waals surface area contributed by atoms with Crippen molar-refractivity contribution in [1.29, 1.82) is 0 Å². The lowest BCUT2D eigenvalue weighted by Crippen LogP contribution is -2.20. The maximum atomic E-state index is 11.0. The van der Waals surface area contributed by atoms with Crippen molar-refractivity contribution in [2.75, 3.05) is 0 Å². The zero-order valence-electron chi connectivity index (χ0n) is 17.5. The third kappa shape index (κ3) is 6.81. The summed E-state index contributed by atoms with van der Waals surface area (Å²) < 4.78 is 2.28. The van der Waals surface area contributed by atoms with Gasteiger partial charge >= 0.3 is 0 Å². The predicted molar refractivity (Wildman–Crippen MR) is 120 cm³/mol. The Morgan fingerprint density at radius 3 is 2.28 bits per heavy atom. The fourth-order valence-corrected chi connectivity index (χ4v) is 4.97. The molecule has 1 aromatic carbocycles. The minimum absolute atomic E-state index is 0.119. The molecule has 1 aliphatic carbocycles. The summed E-state index contributed by atoms with van der Waals surface area (Å²) in [6.07, 6.45) is 17.2. The lowest BCUT2D eigenvalue weighted by molar-refractivity contribution is -0.384. The van der Waals surface area contributed by atoms with Gasteiger partial charge < -0.3 is 4.57 Å². The van der Waals surface area contributed by atoms with Gasteiger partial charge in [0.15, 0.2) is 4.80 Å². The highest BCUT2D eigenvalue weighted by molar-refractivity contribution is 7.07. The van der Waals surface area contributed by atoms with Crippen LogP contribution in [0.15, 0.2) is 34.8 Å². The maximum absolute atomic E-state index is 11.0. The van der Waals surface area contributed by atoms with Crippen LogP contribution in [0.4, 0.5) is 11.4 Å². The number of nitro benzene ring substituents is 1. The first-order chi connectivity index (χ1) is 14.1. The molecule has 1 aromatic heterocycles. The summed E-state index contributed by atoms with van der Waals surface area (Å²) in [7, 11) is 0. The highest BCUT2D eigenvalue weighted by atomic mass is 32.1. The van der Waals surface area contributed by atoms with E-state index in [0.717, 1.165) is 22.6 Å². The number of hydrogen-bond acceptors (Lipinski definition) is 4. The average molecular weight is 416 g/mol. The molecular formula is C23H33N3O2S. The third-order valence-electron chi connectivity index (χ3n) is 5.95. The monoisotopic (exact) mass is 415 g/mol. The number of nitro groups is 1. The quantitative estimate of drug-likeness (QED) is 0.402. The van der Waals surface area contributed by atoms with Crippen LogP contribution in [0.25, 0.3) is 0 Å². The Hall–Kier alpha value is -1.95. The van der Waals surface area contributed by atoms with Crippen LogP contribution in [0.1, 0.15) is 76.2 Å². The Bertz CT molecular complexity index is 844. The van der Waals surface area contributed by atoms with Gasteiger partial charge in [-0.05, 0) is 37.3 Å². The summed E-state index contributed by atoms with van der Waals surface area (Å²) in [5.41, 5.74) is 1.77. The predicted octanol–water partition coefficient (Wildman–Crippen LogP) is 6.92. The second kappa shape index (κ2) is 11.3. The van der Waals surface area contributed by atoms with Gasteiger partial charge in [-0.15, -0.1) is 11.3 Å². The first-order valence-corrected chi connectivity index (χ1v) is 11.9. The number of non-ortho nitro benzene ring substituents is 1. The van der Waals surface area contributed by atoms with Gasteiger partial charge in [-0.2, -0.15) is 0 Å². The van der Waals surface area contributed by atoms with Gasteiger partial charge in [0, 0.05) is 30.3 Å². The molecule has 1 saturated carbocycles. The molecule has 0 atom stereocenters. The van der Waals surface area contributed by atoms with E-state index in [-0.39, 0.29) is 10.6 Å². The molecule has 0 saturated heterocycles. The molecule has 0 unspecified atom stereocenters. The van der Waals surface area contributed by atoms with Gasteiger partial charge in [-0.25, -0.2) is 4.99 Å². The van der Waals surface area contributed by atoms with E-state index in [4.69, 9.17) is 4.99 Å². The number of benzene rings is 1. The minimum Gasteiger partial charge on any atom is -0.323 e. The van der Waals surface area contributed by atoms with Crippen molar-refractivity contribution in [3.05, 3.63) is 50.3 Å². The second-order valence-corrected chi connectivity index (χ2v) is 9.18. The van der Waals surface area contributed by atoms with Gasteiger partial charge in [0.1, 0.15) is 0 Å². The summed E-state index contributed by atoms with van der Waals surface area (Å²) in [4.78, 5) is 16.4. The molecule has 0 amide bonds. The van der Waals surface area contributed by atoms with E-state index in [9.17, 15) is 10.1 Å². The SMILES string of the molecule is Cc1cc([N+](=O)[O-])ccc1N=c1sccn1CC1CCCCCCCCCCC1. The summed E-state index contributed by atoms with van der Waals surface area (Å²) in [5.74, 6) is 0.709. The smallest absolute Gasteiger partial charge is 0.269 e. The Balaban J connectivity index is 1.72. The average Bonchev–Trinajstić information content (AvgIpc) is 3.12. The molecule has 1 heterocycles. The summed E-state index contributed by atoms with van der Waals surface area (Å²) in [6.45, 7) is 2.91.